The molecule has 2 fully saturated rings. The van der Waals surface area contributed by atoms with E-state index in [2.05, 4.69) is 15.5 Å². The number of hydrogen-bond acceptors (Lipinski definition) is 6. The SMILES string of the molecule is Cc1nc(C2CNCCC23COC(C)C3N)nnc1-c1cccc(Cl)c1Cl. The summed E-state index contributed by atoms with van der Waals surface area (Å²) in [6.07, 6.45) is 0.970. The molecule has 2 saturated heterocycles. The first kappa shape index (κ1) is 19.0. The second kappa shape index (κ2) is 7.26. The topological polar surface area (TPSA) is 86.0 Å². The van der Waals surface area contributed by atoms with E-state index in [0.29, 0.717) is 28.2 Å². The number of aryl methyl sites for hydroxylation is 1. The maximum atomic E-state index is 6.55. The molecule has 2 aliphatic heterocycles. The molecular formula is C19H23Cl2N5O. The molecule has 4 atom stereocenters. The minimum absolute atomic E-state index is 0.0317. The second-order valence-electron chi connectivity index (χ2n) is 7.49. The van der Waals surface area contributed by atoms with Gasteiger partial charge in [0.25, 0.3) is 0 Å². The molecule has 0 aliphatic carbocycles. The van der Waals surface area contributed by atoms with Crippen LogP contribution in [0.1, 0.15) is 30.8 Å². The van der Waals surface area contributed by atoms with Gasteiger partial charge in [-0.2, -0.15) is 0 Å². The van der Waals surface area contributed by atoms with Crippen molar-refractivity contribution in [3.05, 3.63) is 39.8 Å². The number of piperidine rings is 1. The summed E-state index contributed by atoms with van der Waals surface area (Å²) in [6.45, 7) is 6.27. The van der Waals surface area contributed by atoms with Gasteiger partial charge >= 0.3 is 0 Å². The van der Waals surface area contributed by atoms with Crippen molar-refractivity contribution in [2.45, 2.75) is 38.3 Å². The van der Waals surface area contributed by atoms with Gasteiger partial charge in [0.1, 0.15) is 5.69 Å². The number of nitrogens with two attached hydrogens (primary N) is 1. The Bertz CT molecular complexity index is 860. The fourth-order valence-electron chi connectivity index (χ4n) is 4.32. The molecule has 3 N–H and O–H groups in total. The molecule has 2 aliphatic rings. The van der Waals surface area contributed by atoms with Crippen LogP contribution in [0.4, 0.5) is 0 Å². The highest BCUT2D eigenvalue weighted by molar-refractivity contribution is 6.43. The molecule has 4 rings (SSSR count). The van der Waals surface area contributed by atoms with Crippen LogP contribution in [0.2, 0.25) is 10.0 Å². The quantitative estimate of drug-likeness (QED) is 0.795. The summed E-state index contributed by atoms with van der Waals surface area (Å²) in [7, 11) is 0. The normalized spacial score (nSPS) is 30.8. The Morgan fingerprint density at radius 1 is 1.30 bits per heavy atom. The van der Waals surface area contributed by atoms with Crippen LogP contribution in [-0.4, -0.2) is 47.0 Å². The van der Waals surface area contributed by atoms with Crippen molar-refractivity contribution in [1.82, 2.24) is 20.5 Å². The van der Waals surface area contributed by atoms with E-state index in [1.54, 1.807) is 6.07 Å². The lowest BCUT2D eigenvalue weighted by molar-refractivity contribution is 0.0834. The van der Waals surface area contributed by atoms with Crippen molar-refractivity contribution in [3.8, 4) is 11.3 Å². The molecule has 27 heavy (non-hydrogen) atoms. The Balaban J connectivity index is 1.72. The van der Waals surface area contributed by atoms with Gasteiger partial charge < -0.3 is 15.8 Å². The molecule has 3 heterocycles. The predicted molar refractivity (Wildman–Crippen MR) is 106 cm³/mol. The van der Waals surface area contributed by atoms with Gasteiger partial charge in [-0.05, 0) is 32.9 Å². The van der Waals surface area contributed by atoms with Gasteiger partial charge in [-0.1, -0.05) is 35.3 Å². The lowest BCUT2D eigenvalue weighted by atomic mass is 9.66. The van der Waals surface area contributed by atoms with Gasteiger partial charge in [0, 0.05) is 29.5 Å². The van der Waals surface area contributed by atoms with Gasteiger partial charge in [-0.25, -0.2) is 4.98 Å². The zero-order chi connectivity index (χ0) is 19.2. The number of benzene rings is 1. The zero-order valence-electron chi connectivity index (χ0n) is 15.4. The number of hydrogen-bond donors (Lipinski definition) is 2. The number of aromatic nitrogens is 3. The average molecular weight is 408 g/mol. The summed E-state index contributed by atoms with van der Waals surface area (Å²) in [4.78, 5) is 4.80. The van der Waals surface area contributed by atoms with Crippen molar-refractivity contribution in [1.29, 1.82) is 0 Å². The van der Waals surface area contributed by atoms with E-state index in [9.17, 15) is 0 Å². The smallest absolute Gasteiger partial charge is 0.156 e. The fourth-order valence-corrected chi connectivity index (χ4v) is 4.71. The highest BCUT2D eigenvalue weighted by atomic mass is 35.5. The third kappa shape index (κ3) is 3.13. The lowest BCUT2D eigenvalue weighted by Crippen LogP contribution is -2.54. The fraction of sp³-hybridized carbons (Fsp3) is 0.526. The summed E-state index contributed by atoms with van der Waals surface area (Å²) in [5, 5.41) is 13.3. The van der Waals surface area contributed by atoms with Crippen molar-refractivity contribution in [3.63, 3.8) is 0 Å². The van der Waals surface area contributed by atoms with E-state index < -0.39 is 0 Å². The van der Waals surface area contributed by atoms with Gasteiger partial charge in [0.2, 0.25) is 0 Å². The Hall–Kier alpha value is -1.31. The number of rotatable bonds is 2. The van der Waals surface area contributed by atoms with Crippen molar-refractivity contribution >= 4 is 23.2 Å². The number of ether oxygens (including phenoxy) is 1. The third-order valence-corrected chi connectivity index (χ3v) is 6.81. The largest absolute Gasteiger partial charge is 0.376 e. The lowest BCUT2D eigenvalue weighted by Gasteiger charge is -2.42. The molecule has 144 valence electrons. The first-order valence-corrected chi connectivity index (χ1v) is 9.93. The zero-order valence-corrected chi connectivity index (χ0v) is 16.9. The maximum Gasteiger partial charge on any atom is 0.156 e. The first-order chi connectivity index (χ1) is 12.9. The second-order valence-corrected chi connectivity index (χ2v) is 8.27. The average Bonchev–Trinajstić information content (AvgIpc) is 2.94. The van der Waals surface area contributed by atoms with Crippen LogP contribution in [0, 0.1) is 12.3 Å². The summed E-state index contributed by atoms with van der Waals surface area (Å²) in [5.74, 6) is 0.760. The van der Waals surface area contributed by atoms with Gasteiger partial charge in [0.15, 0.2) is 5.82 Å². The number of nitrogens with zero attached hydrogens (tertiary/aromatic N) is 3. The van der Waals surface area contributed by atoms with Crippen LogP contribution in [0.3, 0.4) is 0 Å². The van der Waals surface area contributed by atoms with Crippen molar-refractivity contribution < 1.29 is 4.74 Å². The molecule has 4 unspecified atom stereocenters. The molecule has 0 radical (unpaired) electrons. The van der Waals surface area contributed by atoms with E-state index in [1.807, 2.05) is 26.0 Å². The van der Waals surface area contributed by atoms with Gasteiger partial charge in [-0.3, -0.25) is 0 Å². The molecule has 6 nitrogen and oxygen atoms in total. The molecular weight excluding hydrogens is 385 g/mol. The van der Waals surface area contributed by atoms with Gasteiger partial charge in [0.05, 0.1) is 28.5 Å². The van der Waals surface area contributed by atoms with Crippen molar-refractivity contribution in [2.75, 3.05) is 19.7 Å². The highest BCUT2D eigenvalue weighted by Crippen LogP contribution is 2.47. The predicted octanol–water partition coefficient (Wildman–Crippen LogP) is 2.96. The van der Waals surface area contributed by atoms with Crippen LogP contribution in [-0.2, 0) is 4.74 Å². The standard InChI is InChI=1S/C19H23Cl2N5O/c1-10-16(12-4-3-5-14(20)15(12)21)25-26-18(24-10)13-8-23-7-6-19(13)9-27-11(2)17(19)22/h3-5,11,13,17,23H,6-9,22H2,1-2H3. The third-order valence-electron chi connectivity index (χ3n) is 5.99. The van der Waals surface area contributed by atoms with Crippen molar-refractivity contribution in [2.24, 2.45) is 11.1 Å². The maximum absolute atomic E-state index is 6.55. The van der Waals surface area contributed by atoms with E-state index >= 15 is 0 Å². The Morgan fingerprint density at radius 3 is 2.81 bits per heavy atom. The monoisotopic (exact) mass is 407 g/mol. The van der Waals surface area contributed by atoms with Crippen LogP contribution < -0.4 is 11.1 Å². The summed E-state index contributed by atoms with van der Waals surface area (Å²) >= 11 is 12.5. The van der Waals surface area contributed by atoms with Crippen LogP contribution >= 0.6 is 23.2 Å². The summed E-state index contributed by atoms with van der Waals surface area (Å²) in [6, 6.07) is 5.42. The van der Waals surface area contributed by atoms with Crippen LogP contribution in [0.25, 0.3) is 11.3 Å². The molecule has 0 bridgehead atoms. The first-order valence-electron chi connectivity index (χ1n) is 9.17. The molecule has 1 aromatic carbocycles. The molecule has 1 aromatic heterocycles. The number of nitrogens with one attached hydrogen (secondary N) is 1. The summed E-state index contributed by atoms with van der Waals surface area (Å²) < 4.78 is 5.90. The highest BCUT2D eigenvalue weighted by Gasteiger charge is 2.53. The Morgan fingerprint density at radius 2 is 2.11 bits per heavy atom. The summed E-state index contributed by atoms with van der Waals surface area (Å²) in [5.41, 5.74) is 8.54. The minimum atomic E-state index is -0.159. The minimum Gasteiger partial charge on any atom is -0.376 e. The van der Waals surface area contributed by atoms with Gasteiger partial charge in [-0.15, -0.1) is 10.2 Å². The van der Waals surface area contributed by atoms with Crippen LogP contribution in [0.5, 0.6) is 0 Å². The molecule has 8 heteroatoms. The van der Waals surface area contributed by atoms with E-state index in [-0.39, 0.29) is 23.5 Å². The Kier molecular flexibility index (Phi) is 5.12. The molecule has 1 spiro atoms. The van der Waals surface area contributed by atoms with E-state index in [0.717, 1.165) is 30.8 Å². The molecule has 0 amide bonds. The molecule has 2 aromatic rings. The number of halogens is 2. The van der Waals surface area contributed by atoms with Crippen LogP contribution in [0.15, 0.2) is 18.2 Å². The molecule has 0 saturated carbocycles. The van der Waals surface area contributed by atoms with E-state index in [4.69, 9.17) is 38.7 Å². The van der Waals surface area contributed by atoms with E-state index in [1.165, 1.54) is 0 Å². The Labute approximate surface area is 168 Å².